The van der Waals surface area contributed by atoms with Crippen LogP contribution in [-0.4, -0.2) is 48.2 Å². The molecule has 1 aromatic carbocycles. The first-order chi connectivity index (χ1) is 14.4. The maximum absolute atomic E-state index is 13.1. The van der Waals surface area contributed by atoms with E-state index >= 15 is 0 Å². The first kappa shape index (κ1) is 21.4. The number of hydrogen-bond donors (Lipinski definition) is 1. The molecule has 2 aliphatic rings. The molecule has 6 nitrogen and oxygen atoms in total. The number of nitrogens with zero attached hydrogens (tertiary/aromatic N) is 2. The Kier molecular flexibility index (Phi) is 6.21. The zero-order valence-electron chi connectivity index (χ0n) is 17.7. The molecule has 1 saturated carbocycles. The fraction of sp³-hybridized carbons (Fsp3) is 0.565. The molecular weight excluding hydrogens is 446 g/mol. The minimum absolute atomic E-state index is 0.00466. The number of aromatic nitrogens is 1. The number of amides is 2. The summed E-state index contributed by atoms with van der Waals surface area (Å²) >= 11 is 3.59. The maximum Gasteiger partial charge on any atom is 0.328 e. The van der Waals surface area contributed by atoms with E-state index < -0.39 is 0 Å². The number of anilines is 1. The molecule has 0 unspecified atom stereocenters. The van der Waals surface area contributed by atoms with Crippen LogP contribution < -0.4 is 5.32 Å². The van der Waals surface area contributed by atoms with Gasteiger partial charge in [-0.25, -0.2) is 4.79 Å². The third kappa shape index (κ3) is 3.89. The van der Waals surface area contributed by atoms with Gasteiger partial charge in [-0.2, -0.15) is 0 Å². The van der Waals surface area contributed by atoms with Crippen LogP contribution in [0.25, 0.3) is 10.9 Å². The molecule has 0 radical (unpaired) electrons. The van der Waals surface area contributed by atoms with Crippen molar-refractivity contribution in [2.75, 3.05) is 32.1 Å². The van der Waals surface area contributed by atoms with Crippen molar-refractivity contribution in [3.8, 4) is 0 Å². The van der Waals surface area contributed by atoms with Crippen molar-refractivity contribution < 1.29 is 14.3 Å². The number of rotatable bonds is 5. The summed E-state index contributed by atoms with van der Waals surface area (Å²) in [6.45, 7) is 3.90. The number of benzene rings is 1. The lowest BCUT2D eigenvalue weighted by molar-refractivity contribution is -0.163. The number of halogens is 1. The first-order valence-corrected chi connectivity index (χ1v) is 11.7. The molecule has 2 heterocycles. The van der Waals surface area contributed by atoms with Crippen molar-refractivity contribution in [1.82, 2.24) is 9.47 Å². The summed E-state index contributed by atoms with van der Waals surface area (Å²) in [5, 5.41) is 3.95. The van der Waals surface area contributed by atoms with Gasteiger partial charge in [-0.15, -0.1) is 0 Å². The molecule has 2 amide bonds. The average Bonchev–Trinajstić information content (AvgIpc) is 3.09. The summed E-state index contributed by atoms with van der Waals surface area (Å²) in [5.41, 5.74) is 1.41. The molecule has 0 atom stereocenters. The number of nitrogens with one attached hydrogen (secondary N) is 1. The lowest BCUT2D eigenvalue weighted by Crippen LogP contribution is -2.51. The molecule has 2 aromatic rings. The number of hydrogen-bond acceptors (Lipinski definition) is 3. The molecule has 1 aromatic heterocycles. The Hall–Kier alpha value is -1.86. The Bertz CT molecular complexity index is 945. The van der Waals surface area contributed by atoms with Crippen LogP contribution in [0, 0.1) is 11.3 Å². The topological polar surface area (TPSA) is 63.6 Å². The smallest absolute Gasteiger partial charge is 0.328 e. The van der Waals surface area contributed by atoms with Gasteiger partial charge in [0, 0.05) is 41.5 Å². The van der Waals surface area contributed by atoms with E-state index in [-0.39, 0.29) is 17.4 Å². The van der Waals surface area contributed by atoms with E-state index in [0.717, 1.165) is 15.4 Å². The lowest BCUT2D eigenvalue weighted by atomic mass is 9.65. The second kappa shape index (κ2) is 8.71. The largest absolute Gasteiger partial charge is 0.380 e. The molecule has 1 N–H and O–H groups in total. The Morgan fingerprint density at radius 1 is 1.27 bits per heavy atom. The fourth-order valence-electron chi connectivity index (χ4n) is 4.89. The van der Waals surface area contributed by atoms with Gasteiger partial charge in [0.2, 0.25) is 5.91 Å². The monoisotopic (exact) mass is 475 g/mol. The van der Waals surface area contributed by atoms with Crippen LogP contribution >= 0.6 is 15.9 Å². The Labute approximate surface area is 186 Å². The van der Waals surface area contributed by atoms with Gasteiger partial charge < -0.3 is 15.0 Å². The molecule has 30 heavy (non-hydrogen) atoms. The molecule has 2 fully saturated rings. The lowest BCUT2D eigenvalue weighted by Gasteiger charge is -2.48. The maximum atomic E-state index is 13.1. The summed E-state index contributed by atoms with van der Waals surface area (Å²) in [6.07, 6.45) is 8.40. The molecule has 0 spiro atoms. The second-order valence-corrected chi connectivity index (χ2v) is 9.61. The molecule has 1 saturated heterocycles. The normalized spacial score (nSPS) is 18.8. The highest BCUT2D eigenvalue weighted by Gasteiger charge is 2.47. The third-order valence-corrected chi connectivity index (χ3v) is 7.48. The van der Waals surface area contributed by atoms with Gasteiger partial charge in [-0.05, 0) is 37.8 Å². The zero-order valence-corrected chi connectivity index (χ0v) is 19.3. The quantitative estimate of drug-likeness (QED) is 0.641. The van der Waals surface area contributed by atoms with Crippen LogP contribution in [0.2, 0.25) is 0 Å². The van der Waals surface area contributed by atoms with Gasteiger partial charge >= 0.3 is 6.03 Å². The summed E-state index contributed by atoms with van der Waals surface area (Å²) in [7, 11) is 1.77. The average molecular weight is 476 g/mol. The number of fused-ring (bicyclic) bond motifs is 1. The van der Waals surface area contributed by atoms with Crippen molar-refractivity contribution in [3.63, 3.8) is 0 Å². The highest BCUT2D eigenvalue weighted by Crippen LogP contribution is 2.46. The molecule has 4 rings (SSSR count). The molecule has 7 heteroatoms. The molecule has 1 aliphatic carbocycles. The van der Waals surface area contributed by atoms with Crippen molar-refractivity contribution in [1.29, 1.82) is 0 Å². The Balaban J connectivity index is 1.59. The molecular formula is C23H30BrN3O3. The van der Waals surface area contributed by atoms with Crippen molar-refractivity contribution in [3.05, 3.63) is 28.9 Å². The van der Waals surface area contributed by atoms with E-state index in [9.17, 15) is 9.59 Å². The van der Waals surface area contributed by atoms with E-state index in [2.05, 4.69) is 21.2 Å². The summed E-state index contributed by atoms with van der Waals surface area (Å²) in [6, 6.07) is 5.62. The summed E-state index contributed by atoms with van der Waals surface area (Å²) in [4.78, 5) is 27.6. The molecule has 162 valence electrons. The van der Waals surface area contributed by atoms with Crippen LogP contribution in [0.1, 0.15) is 45.4 Å². The summed E-state index contributed by atoms with van der Waals surface area (Å²) < 4.78 is 8.03. The predicted octanol–water partition coefficient (Wildman–Crippen LogP) is 5.25. The molecule has 0 bridgehead atoms. The van der Waals surface area contributed by atoms with Gasteiger partial charge in [-0.1, -0.05) is 41.3 Å². The van der Waals surface area contributed by atoms with E-state index in [0.29, 0.717) is 37.8 Å². The van der Waals surface area contributed by atoms with Gasteiger partial charge in [0.1, 0.15) is 0 Å². The van der Waals surface area contributed by atoms with Gasteiger partial charge in [0.15, 0.2) is 0 Å². The van der Waals surface area contributed by atoms with Crippen molar-refractivity contribution in [2.45, 2.75) is 45.4 Å². The van der Waals surface area contributed by atoms with Crippen LogP contribution in [-0.2, 0) is 9.53 Å². The van der Waals surface area contributed by atoms with E-state index in [1.54, 1.807) is 22.7 Å². The van der Waals surface area contributed by atoms with Crippen LogP contribution in [0.15, 0.2) is 28.9 Å². The Morgan fingerprint density at radius 3 is 2.63 bits per heavy atom. The number of ether oxygens (including phenoxy) is 1. The fourth-order valence-corrected chi connectivity index (χ4v) is 5.46. The minimum atomic E-state index is -0.118. The minimum Gasteiger partial charge on any atom is -0.380 e. The van der Waals surface area contributed by atoms with Gasteiger partial charge in [-0.3, -0.25) is 9.36 Å². The van der Waals surface area contributed by atoms with Crippen LogP contribution in [0.4, 0.5) is 10.5 Å². The number of carbonyl (C=O) groups excluding carboxylic acids is 2. The predicted molar refractivity (Wildman–Crippen MR) is 122 cm³/mol. The Morgan fingerprint density at radius 2 is 2.00 bits per heavy atom. The van der Waals surface area contributed by atoms with E-state index in [1.165, 1.54) is 32.1 Å². The third-order valence-electron chi connectivity index (χ3n) is 6.82. The first-order valence-electron chi connectivity index (χ1n) is 10.9. The van der Waals surface area contributed by atoms with Crippen LogP contribution in [0.5, 0.6) is 0 Å². The standard InChI is InChI=1S/C23H30BrN3O3/c1-3-26(2)22(29)27-13-18(21-17(24)10-7-11-19(21)27)25-20(28)12-23(14-30-15-23)16-8-5-4-6-9-16/h7,10-11,13,16H,3-6,8-9,12,14-15H2,1-2H3,(H,25,28). The van der Waals surface area contributed by atoms with Crippen molar-refractivity contribution >= 4 is 44.5 Å². The van der Waals surface area contributed by atoms with Gasteiger partial charge in [0.05, 0.1) is 24.4 Å². The summed E-state index contributed by atoms with van der Waals surface area (Å²) in [5.74, 6) is 0.564. The van der Waals surface area contributed by atoms with E-state index in [4.69, 9.17) is 4.74 Å². The highest BCUT2D eigenvalue weighted by molar-refractivity contribution is 9.10. The van der Waals surface area contributed by atoms with E-state index in [1.807, 2.05) is 25.1 Å². The number of carbonyl (C=O) groups is 2. The SMILES string of the molecule is CCN(C)C(=O)n1cc(NC(=O)CC2(C3CCCCC3)COC2)c2c(Br)cccc21. The van der Waals surface area contributed by atoms with Crippen molar-refractivity contribution in [2.24, 2.45) is 11.3 Å². The zero-order chi connectivity index (χ0) is 21.3. The second-order valence-electron chi connectivity index (χ2n) is 8.76. The van der Waals surface area contributed by atoms with Gasteiger partial charge in [0.25, 0.3) is 0 Å². The van der Waals surface area contributed by atoms with Crippen LogP contribution in [0.3, 0.4) is 0 Å². The molecule has 1 aliphatic heterocycles. The highest BCUT2D eigenvalue weighted by atomic mass is 79.9.